The third kappa shape index (κ3) is 2.32. The smallest absolute Gasteiger partial charge is 0.341 e. The summed E-state index contributed by atoms with van der Waals surface area (Å²) in [5.41, 5.74) is -1.35. The average molecular weight is 233 g/mol. The van der Waals surface area contributed by atoms with Gasteiger partial charge in [-0.1, -0.05) is 0 Å². The van der Waals surface area contributed by atoms with Gasteiger partial charge in [0.1, 0.15) is 11.3 Å². The van der Waals surface area contributed by atoms with Crippen molar-refractivity contribution in [2.75, 3.05) is 6.61 Å². The van der Waals surface area contributed by atoms with Crippen LogP contribution < -0.4 is 0 Å². The van der Waals surface area contributed by atoms with Crippen molar-refractivity contribution in [3.8, 4) is 0 Å². The Morgan fingerprint density at radius 1 is 1.56 bits per heavy atom. The summed E-state index contributed by atoms with van der Waals surface area (Å²) in [6, 6.07) is 0. The predicted octanol–water partition coefficient (Wildman–Crippen LogP) is 2.64. The van der Waals surface area contributed by atoms with Gasteiger partial charge >= 0.3 is 5.97 Å². The van der Waals surface area contributed by atoms with Gasteiger partial charge in [0.25, 0.3) is 6.43 Å². The molecular formula is C10H10F3NO2. The van der Waals surface area contributed by atoms with Gasteiger partial charge in [-0.3, -0.25) is 4.98 Å². The highest BCUT2D eigenvalue weighted by molar-refractivity contribution is 5.91. The van der Waals surface area contributed by atoms with Gasteiger partial charge in [-0.2, -0.15) is 0 Å². The number of aromatic nitrogens is 1. The molecule has 1 aromatic rings. The first kappa shape index (κ1) is 12.5. The van der Waals surface area contributed by atoms with E-state index in [0.29, 0.717) is 0 Å². The number of esters is 1. The molecule has 0 aliphatic carbocycles. The zero-order chi connectivity index (χ0) is 12.3. The van der Waals surface area contributed by atoms with E-state index in [1.165, 1.54) is 6.92 Å². The van der Waals surface area contributed by atoms with Crippen LogP contribution >= 0.6 is 0 Å². The highest BCUT2D eigenvalue weighted by Gasteiger charge is 2.24. The van der Waals surface area contributed by atoms with Gasteiger partial charge in [0.15, 0.2) is 5.82 Å². The number of ether oxygens (including phenoxy) is 1. The Balaban J connectivity index is 3.26. The van der Waals surface area contributed by atoms with E-state index in [4.69, 9.17) is 0 Å². The predicted molar refractivity (Wildman–Crippen MR) is 49.8 cm³/mol. The van der Waals surface area contributed by atoms with E-state index < -0.39 is 29.5 Å². The molecular weight excluding hydrogens is 223 g/mol. The van der Waals surface area contributed by atoms with Crippen LogP contribution in [0.15, 0.2) is 6.20 Å². The Hall–Kier alpha value is -1.59. The molecule has 0 unspecified atom stereocenters. The number of aryl methyl sites for hydroxylation is 1. The molecule has 0 aliphatic rings. The molecule has 0 radical (unpaired) electrons. The summed E-state index contributed by atoms with van der Waals surface area (Å²) in [5, 5.41) is 0. The van der Waals surface area contributed by atoms with Crippen molar-refractivity contribution in [3.05, 3.63) is 28.8 Å². The number of pyridine rings is 1. The van der Waals surface area contributed by atoms with Crippen molar-refractivity contribution < 1.29 is 22.7 Å². The number of nitrogens with zero attached hydrogens (tertiary/aromatic N) is 1. The molecule has 0 saturated carbocycles. The largest absolute Gasteiger partial charge is 0.462 e. The number of carbonyl (C=O) groups excluding carboxylic acids is 1. The molecule has 1 aromatic heterocycles. The van der Waals surface area contributed by atoms with Gasteiger partial charge in [-0.15, -0.1) is 0 Å². The molecule has 0 aromatic carbocycles. The zero-order valence-corrected chi connectivity index (χ0v) is 8.76. The molecule has 1 heterocycles. The lowest BCUT2D eigenvalue weighted by atomic mass is 10.1. The molecule has 1 rings (SSSR count). The summed E-state index contributed by atoms with van der Waals surface area (Å²) >= 11 is 0. The fourth-order valence-electron chi connectivity index (χ4n) is 1.19. The number of hydrogen-bond donors (Lipinski definition) is 0. The lowest BCUT2D eigenvalue weighted by Gasteiger charge is -2.09. The van der Waals surface area contributed by atoms with Crippen LogP contribution in [0, 0.1) is 12.7 Å². The van der Waals surface area contributed by atoms with Crippen LogP contribution in [0.5, 0.6) is 0 Å². The molecule has 88 valence electrons. The number of carbonyl (C=O) groups is 1. The van der Waals surface area contributed by atoms with E-state index in [0.717, 1.165) is 6.20 Å². The van der Waals surface area contributed by atoms with E-state index in [9.17, 15) is 18.0 Å². The second-order valence-corrected chi connectivity index (χ2v) is 3.04. The standard InChI is InChI=1S/C10H10F3NO2/c1-3-16-10(15)6-5(2)4-14-8(7(6)11)9(12)13/h4,9H,3H2,1-2H3. The van der Waals surface area contributed by atoms with Crippen molar-refractivity contribution >= 4 is 5.97 Å². The van der Waals surface area contributed by atoms with Crippen LogP contribution in [0.25, 0.3) is 0 Å². The summed E-state index contributed by atoms with van der Waals surface area (Å²) < 4.78 is 42.8. The van der Waals surface area contributed by atoms with Crippen LogP contribution in [0.2, 0.25) is 0 Å². The summed E-state index contributed by atoms with van der Waals surface area (Å²) in [7, 11) is 0. The highest BCUT2D eigenvalue weighted by Crippen LogP contribution is 2.24. The lowest BCUT2D eigenvalue weighted by molar-refractivity contribution is 0.0518. The number of halogens is 3. The van der Waals surface area contributed by atoms with Crippen LogP contribution in [-0.4, -0.2) is 17.6 Å². The van der Waals surface area contributed by atoms with Crippen LogP contribution in [-0.2, 0) is 4.74 Å². The van der Waals surface area contributed by atoms with Crippen molar-refractivity contribution in [2.24, 2.45) is 0 Å². The van der Waals surface area contributed by atoms with Crippen LogP contribution in [0.4, 0.5) is 13.2 Å². The SMILES string of the molecule is CCOC(=O)c1c(C)cnc(C(F)F)c1F. The first-order valence-electron chi connectivity index (χ1n) is 4.59. The van der Waals surface area contributed by atoms with Crippen LogP contribution in [0.1, 0.15) is 35.0 Å². The summed E-state index contributed by atoms with van der Waals surface area (Å²) in [4.78, 5) is 14.6. The Labute approximate surface area is 90.2 Å². The zero-order valence-electron chi connectivity index (χ0n) is 8.76. The quantitative estimate of drug-likeness (QED) is 0.753. The van der Waals surface area contributed by atoms with E-state index in [1.54, 1.807) is 6.92 Å². The topological polar surface area (TPSA) is 39.2 Å². The maximum atomic E-state index is 13.5. The molecule has 6 heteroatoms. The maximum Gasteiger partial charge on any atom is 0.341 e. The number of alkyl halides is 2. The van der Waals surface area contributed by atoms with Crippen LogP contribution in [0.3, 0.4) is 0 Å². The van der Waals surface area contributed by atoms with Gasteiger partial charge in [-0.25, -0.2) is 18.0 Å². The molecule has 0 fully saturated rings. The third-order valence-electron chi connectivity index (χ3n) is 1.92. The normalized spacial score (nSPS) is 10.6. The first-order valence-corrected chi connectivity index (χ1v) is 4.59. The summed E-state index contributed by atoms with van der Waals surface area (Å²) in [6.07, 6.45) is -2.04. The molecule has 0 spiro atoms. The van der Waals surface area contributed by atoms with E-state index in [1.807, 2.05) is 0 Å². The van der Waals surface area contributed by atoms with Crippen molar-refractivity contribution in [2.45, 2.75) is 20.3 Å². The summed E-state index contributed by atoms with van der Waals surface area (Å²) in [6.45, 7) is 2.99. The Morgan fingerprint density at radius 2 is 2.19 bits per heavy atom. The monoisotopic (exact) mass is 233 g/mol. The van der Waals surface area contributed by atoms with Crippen molar-refractivity contribution in [1.82, 2.24) is 4.98 Å². The van der Waals surface area contributed by atoms with Gasteiger partial charge in [0, 0.05) is 6.20 Å². The molecule has 0 saturated heterocycles. The minimum atomic E-state index is -3.06. The molecule has 0 N–H and O–H groups in total. The molecule has 3 nitrogen and oxygen atoms in total. The third-order valence-corrected chi connectivity index (χ3v) is 1.92. The maximum absolute atomic E-state index is 13.5. The Morgan fingerprint density at radius 3 is 2.69 bits per heavy atom. The average Bonchev–Trinajstić information content (AvgIpc) is 2.17. The fourth-order valence-corrected chi connectivity index (χ4v) is 1.19. The van der Waals surface area contributed by atoms with Gasteiger partial charge in [-0.05, 0) is 19.4 Å². The molecule has 0 atom stereocenters. The second-order valence-electron chi connectivity index (χ2n) is 3.04. The van der Waals surface area contributed by atoms with Gasteiger partial charge in [0.2, 0.25) is 0 Å². The summed E-state index contributed by atoms with van der Waals surface area (Å²) in [5.74, 6) is -2.27. The Kier molecular flexibility index (Phi) is 3.87. The molecule has 0 aliphatic heterocycles. The highest BCUT2D eigenvalue weighted by atomic mass is 19.3. The van der Waals surface area contributed by atoms with Crippen molar-refractivity contribution in [1.29, 1.82) is 0 Å². The minimum absolute atomic E-state index is 0.0457. The van der Waals surface area contributed by atoms with Gasteiger partial charge < -0.3 is 4.74 Å². The fraction of sp³-hybridized carbons (Fsp3) is 0.400. The lowest BCUT2D eigenvalue weighted by Crippen LogP contribution is -2.12. The first-order chi connectivity index (χ1) is 7.49. The van der Waals surface area contributed by atoms with Crippen molar-refractivity contribution in [3.63, 3.8) is 0 Å². The van der Waals surface area contributed by atoms with Gasteiger partial charge in [0.05, 0.1) is 6.61 Å². The Bertz CT molecular complexity index is 407. The second kappa shape index (κ2) is 4.96. The van der Waals surface area contributed by atoms with E-state index in [2.05, 4.69) is 9.72 Å². The molecule has 0 bridgehead atoms. The minimum Gasteiger partial charge on any atom is -0.462 e. The molecule has 0 amide bonds. The molecule has 16 heavy (non-hydrogen) atoms. The number of hydrogen-bond acceptors (Lipinski definition) is 3. The van der Waals surface area contributed by atoms with E-state index in [-0.39, 0.29) is 12.2 Å². The number of rotatable bonds is 3. The van der Waals surface area contributed by atoms with E-state index >= 15 is 0 Å².